The van der Waals surface area contributed by atoms with E-state index < -0.39 is 5.97 Å². The molecule has 3 rings (SSSR count). The van der Waals surface area contributed by atoms with E-state index in [0.29, 0.717) is 0 Å². The summed E-state index contributed by atoms with van der Waals surface area (Å²) in [6.45, 7) is 11.0. The van der Waals surface area contributed by atoms with Crippen molar-refractivity contribution in [2.45, 2.75) is 64.6 Å². The second kappa shape index (κ2) is 9.29. The number of carbonyl (C=O) groups is 1. The number of carbonyl (C=O) groups excluding carboxylic acids is 1. The zero-order valence-corrected chi connectivity index (χ0v) is 20.7. The van der Waals surface area contributed by atoms with Crippen LogP contribution in [-0.2, 0) is 20.3 Å². The van der Waals surface area contributed by atoms with Crippen molar-refractivity contribution in [2.24, 2.45) is 0 Å². The topological polar surface area (TPSA) is 80.7 Å². The summed E-state index contributed by atoms with van der Waals surface area (Å²) < 4.78 is 18.6. The number of ether oxygens (including phenoxy) is 3. The summed E-state index contributed by atoms with van der Waals surface area (Å²) in [5.74, 6) is -0.448. The Kier molecular flexibility index (Phi) is 7.11. The number of hydrogen-bond donors (Lipinski definition) is 0. The van der Waals surface area contributed by atoms with E-state index in [1.54, 1.807) is 13.2 Å². The van der Waals surface area contributed by atoms with Gasteiger partial charge in [0.1, 0.15) is 0 Å². The molecular weight excluding hydrogens is 461 g/mol. The third-order valence-corrected chi connectivity index (χ3v) is 8.03. The van der Waals surface area contributed by atoms with Crippen LogP contribution in [0.5, 0.6) is 5.75 Å². The zero-order valence-electron chi connectivity index (χ0n) is 19.0. The van der Waals surface area contributed by atoms with E-state index in [9.17, 15) is 9.90 Å². The molecule has 2 aromatic rings. The number of rotatable bonds is 8. The number of methoxy groups -OCH3 is 1. The Bertz CT molecular complexity index is 940. The maximum atomic E-state index is 11.0. The first-order chi connectivity index (χ1) is 14.5. The molecule has 6 nitrogen and oxygen atoms in total. The summed E-state index contributed by atoms with van der Waals surface area (Å²) in [4.78, 5) is 15.4. The number of carboxylic acids is 1. The second-order valence-corrected chi connectivity index (χ2v) is 11.3. The van der Waals surface area contributed by atoms with E-state index in [1.807, 2.05) is 6.92 Å². The molecular formula is C24H30NO5Se-. The van der Waals surface area contributed by atoms with E-state index in [0.717, 1.165) is 27.6 Å². The SMILES string of the molecule is COC(C)OCOc1cc2c(cc1[Se]c1ccc(C(=O)[O-])cn1)C(C)(C)CCC2(C)C. The van der Waals surface area contributed by atoms with Gasteiger partial charge in [0.15, 0.2) is 0 Å². The van der Waals surface area contributed by atoms with Gasteiger partial charge in [-0.25, -0.2) is 0 Å². The molecule has 168 valence electrons. The predicted molar refractivity (Wildman–Crippen MR) is 118 cm³/mol. The number of benzene rings is 1. The van der Waals surface area contributed by atoms with Gasteiger partial charge in [-0.3, -0.25) is 0 Å². The number of hydrogen-bond acceptors (Lipinski definition) is 6. The normalized spacial score (nSPS) is 17.6. The van der Waals surface area contributed by atoms with Crippen LogP contribution in [0.2, 0.25) is 0 Å². The molecule has 31 heavy (non-hydrogen) atoms. The van der Waals surface area contributed by atoms with Crippen molar-refractivity contribution in [3.63, 3.8) is 0 Å². The first-order valence-electron chi connectivity index (χ1n) is 10.3. The summed E-state index contributed by atoms with van der Waals surface area (Å²) in [5, 5.41) is 11.0. The fourth-order valence-corrected chi connectivity index (χ4v) is 5.51. The van der Waals surface area contributed by atoms with Gasteiger partial charge in [-0.1, -0.05) is 0 Å². The zero-order chi connectivity index (χ0) is 22.8. The minimum atomic E-state index is -1.22. The average molecular weight is 491 g/mol. The Hall–Kier alpha value is -1.92. The molecule has 1 aromatic heterocycles. The molecule has 0 spiro atoms. The minimum absolute atomic E-state index is 0.0591. The molecule has 1 heterocycles. The molecule has 0 saturated carbocycles. The molecule has 1 atom stereocenters. The summed E-state index contributed by atoms with van der Waals surface area (Å²) in [5.41, 5.74) is 2.85. The first kappa shape index (κ1) is 23.7. The molecule has 1 aliphatic rings. The van der Waals surface area contributed by atoms with E-state index >= 15 is 0 Å². The predicted octanol–water partition coefficient (Wildman–Crippen LogP) is 1.79. The average Bonchev–Trinajstić information content (AvgIpc) is 2.72. The first-order valence-corrected chi connectivity index (χ1v) is 12.1. The van der Waals surface area contributed by atoms with Crippen molar-refractivity contribution < 1.29 is 24.1 Å². The van der Waals surface area contributed by atoms with Crippen LogP contribution in [0.3, 0.4) is 0 Å². The van der Waals surface area contributed by atoms with Gasteiger partial charge >= 0.3 is 190 Å². The quantitative estimate of drug-likeness (QED) is 0.414. The molecule has 0 bridgehead atoms. The number of nitrogens with zero attached hydrogens (tertiary/aromatic N) is 1. The Morgan fingerprint density at radius 2 is 1.81 bits per heavy atom. The molecule has 1 aliphatic carbocycles. The maximum absolute atomic E-state index is 11.0. The van der Waals surface area contributed by atoms with E-state index in [-0.39, 0.29) is 44.4 Å². The van der Waals surface area contributed by atoms with Crippen LogP contribution < -0.4 is 18.9 Å². The van der Waals surface area contributed by atoms with Gasteiger partial charge in [-0.2, -0.15) is 0 Å². The number of fused-ring (bicyclic) bond motifs is 1. The van der Waals surface area contributed by atoms with Crippen LogP contribution in [0.15, 0.2) is 30.5 Å². The van der Waals surface area contributed by atoms with Gasteiger partial charge in [0, 0.05) is 0 Å². The molecule has 0 aliphatic heterocycles. The summed E-state index contributed by atoms with van der Waals surface area (Å²) in [6, 6.07) is 7.69. The molecule has 1 unspecified atom stereocenters. The van der Waals surface area contributed by atoms with Crippen molar-refractivity contribution in [1.82, 2.24) is 4.98 Å². The van der Waals surface area contributed by atoms with Crippen LogP contribution >= 0.6 is 0 Å². The number of pyridine rings is 1. The Balaban J connectivity index is 1.99. The number of carboxylic acid groups (broad SMARTS) is 1. The van der Waals surface area contributed by atoms with Crippen molar-refractivity contribution in [3.8, 4) is 5.75 Å². The monoisotopic (exact) mass is 492 g/mol. The molecule has 0 amide bonds. The molecule has 1 aromatic carbocycles. The van der Waals surface area contributed by atoms with Gasteiger partial charge < -0.3 is 0 Å². The number of aromatic nitrogens is 1. The van der Waals surface area contributed by atoms with Crippen LogP contribution in [0.1, 0.15) is 68.9 Å². The Morgan fingerprint density at radius 1 is 1.16 bits per heavy atom. The van der Waals surface area contributed by atoms with Gasteiger partial charge in [-0.15, -0.1) is 0 Å². The van der Waals surface area contributed by atoms with E-state index in [1.165, 1.54) is 23.4 Å². The second-order valence-electron chi connectivity index (χ2n) is 9.12. The van der Waals surface area contributed by atoms with Crippen molar-refractivity contribution in [3.05, 3.63) is 47.2 Å². The van der Waals surface area contributed by atoms with Crippen molar-refractivity contribution >= 4 is 30.0 Å². The van der Waals surface area contributed by atoms with Gasteiger partial charge in [0.2, 0.25) is 0 Å². The Labute approximate surface area is 190 Å². The molecule has 7 heteroatoms. The molecule has 0 saturated heterocycles. The summed E-state index contributed by atoms with van der Waals surface area (Å²) >= 11 is -0.167. The van der Waals surface area contributed by atoms with Crippen molar-refractivity contribution in [1.29, 1.82) is 0 Å². The third kappa shape index (κ3) is 5.47. The molecule has 0 radical (unpaired) electrons. The summed E-state index contributed by atoms with van der Waals surface area (Å²) in [7, 11) is 1.59. The Morgan fingerprint density at radius 3 is 2.35 bits per heavy atom. The van der Waals surface area contributed by atoms with Gasteiger partial charge in [0.25, 0.3) is 0 Å². The van der Waals surface area contributed by atoms with Crippen LogP contribution in [0.25, 0.3) is 0 Å². The van der Waals surface area contributed by atoms with E-state index in [4.69, 9.17) is 14.2 Å². The fraction of sp³-hybridized carbons (Fsp3) is 0.500. The van der Waals surface area contributed by atoms with Crippen molar-refractivity contribution in [2.75, 3.05) is 13.9 Å². The van der Waals surface area contributed by atoms with Gasteiger partial charge in [-0.05, 0) is 0 Å². The fourth-order valence-electron chi connectivity index (χ4n) is 3.70. The summed E-state index contributed by atoms with van der Waals surface area (Å²) in [6.07, 6.45) is 3.22. The van der Waals surface area contributed by atoms with Gasteiger partial charge in [0.05, 0.1) is 0 Å². The molecule has 0 fully saturated rings. The number of aromatic carboxylic acids is 1. The third-order valence-electron chi connectivity index (χ3n) is 5.95. The van der Waals surface area contributed by atoms with E-state index in [2.05, 4.69) is 44.8 Å². The van der Waals surface area contributed by atoms with Crippen LogP contribution in [0, 0.1) is 0 Å². The molecule has 0 N–H and O–H groups in total. The van der Waals surface area contributed by atoms with Crippen LogP contribution in [0.4, 0.5) is 0 Å². The van der Waals surface area contributed by atoms with Crippen LogP contribution in [-0.4, -0.2) is 46.1 Å². The standard InChI is InChI=1S/C24H31NO5Se/c1-15(28-6)29-14-30-19-11-17-18(24(4,5)10-9-23(17,2)3)12-20(19)31-21-8-7-16(13-25-21)22(26)27/h7-8,11-13,15H,9-10,14H2,1-6H3,(H,26,27)/p-1.